The molecule has 6 heteroatoms. The van der Waals surface area contributed by atoms with Crippen LogP contribution in [0.4, 0.5) is 0 Å². The zero-order valence-electron chi connectivity index (χ0n) is 11.8. The minimum absolute atomic E-state index is 0.258. The van der Waals surface area contributed by atoms with Crippen LogP contribution in [-0.4, -0.2) is 40.7 Å². The molecule has 0 aliphatic heterocycles. The highest BCUT2D eigenvalue weighted by atomic mass is 35.5. The first-order valence-electron chi connectivity index (χ1n) is 6.98. The van der Waals surface area contributed by atoms with Gasteiger partial charge in [-0.15, -0.1) is 0 Å². The molecule has 0 saturated heterocycles. The van der Waals surface area contributed by atoms with Crippen LogP contribution in [0.2, 0.25) is 5.02 Å². The summed E-state index contributed by atoms with van der Waals surface area (Å²) in [6.45, 7) is 2.47. The lowest BCUT2D eigenvalue weighted by molar-refractivity contribution is 0.106. The lowest BCUT2D eigenvalue weighted by Crippen LogP contribution is -2.32. The predicted octanol–water partition coefficient (Wildman–Crippen LogP) is 1.96. The van der Waals surface area contributed by atoms with Gasteiger partial charge in [0.05, 0.1) is 0 Å². The topological polar surface area (TPSA) is 59.3 Å². The van der Waals surface area contributed by atoms with Crippen molar-refractivity contribution in [2.24, 2.45) is 0 Å². The average Bonchev–Trinajstić information content (AvgIpc) is 2.99. The summed E-state index contributed by atoms with van der Waals surface area (Å²) in [5.74, 6) is 0.706. The molecule has 1 unspecified atom stereocenters. The quantitative estimate of drug-likeness (QED) is 0.695. The van der Waals surface area contributed by atoms with Crippen LogP contribution < -0.4 is 10.1 Å². The molecule has 1 atom stereocenters. The van der Waals surface area contributed by atoms with Crippen molar-refractivity contribution in [2.75, 3.05) is 19.7 Å². The predicted molar refractivity (Wildman–Crippen MR) is 82.7 cm³/mol. The highest BCUT2D eigenvalue weighted by Gasteiger charge is 2.04. The Balaban J connectivity index is 1.53. The van der Waals surface area contributed by atoms with E-state index in [0.717, 1.165) is 19.5 Å². The largest absolute Gasteiger partial charge is 0.491 e. The monoisotopic (exact) mass is 309 g/mol. The first-order valence-corrected chi connectivity index (χ1v) is 7.36. The maximum absolute atomic E-state index is 9.82. The van der Waals surface area contributed by atoms with Crippen molar-refractivity contribution in [1.29, 1.82) is 0 Å². The minimum Gasteiger partial charge on any atom is -0.491 e. The number of aromatic nitrogens is 2. The Kier molecular flexibility index (Phi) is 6.53. The van der Waals surface area contributed by atoms with Crippen molar-refractivity contribution in [1.82, 2.24) is 15.1 Å². The van der Waals surface area contributed by atoms with Gasteiger partial charge in [0.15, 0.2) is 0 Å². The number of nitrogens with one attached hydrogen (secondary N) is 1. The fourth-order valence-electron chi connectivity index (χ4n) is 1.85. The Labute approximate surface area is 129 Å². The maximum Gasteiger partial charge on any atom is 0.119 e. The highest BCUT2D eigenvalue weighted by Crippen LogP contribution is 2.15. The van der Waals surface area contributed by atoms with Gasteiger partial charge in [0.2, 0.25) is 0 Å². The van der Waals surface area contributed by atoms with Crippen LogP contribution in [0.3, 0.4) is 0 Å². The fourth-order valence-corrected chi connectivity index (χ4v) is 1.98. The van der Waals surface area contributed by atoms with Gasteiger partial charge >= 0.3 is 0 Å². The number of benzene rings is 1. The van der Waals surface area contributed by atoms with Crippen molar-refractivity contribution in [2.45, 2.75) is 19.1 Å². The zero-order chi connectivity index (χ0) is 14.9. The van der Waals surface area contributed by atoms with E-state index in [2.05, 4.69) is 10.4 Å². The molecule has 0 spiro atoms. The molecule has 114 valence electrons. The number of halogens is 1. The Hall–Kier alpha value is -1.56. The molecular formula is C15H20ClN3O2. The molecule has 2 N–H and O–H groups in total. The molecule has 0 bridgehead atoms. The second-order valence-electron chi connectivity index (χ2n) is 4.75. The molecule has 0 aliphatic rings. The molecule has 5 nitrogen and oxygen atoms in total. The Morgan fingerprint density at radius 2 is 2.14 bits per heavy atom. The van der Waals surface area contributed by atoms with Crippen LogP contribution in [0.15, 0.2) is 42.7 Å². The summed E-state index contributed by atoms with van der Waals surface area (Å²) < 4.78 is 7.37. The maximum atomic E-state index is 9.82. The first-order chi connectivity index (χ1) is 10.2. The Morgan fingerprint density at radius 1 is 1.33 bits per heavy atom. The van der Waals surface area contributed by atoms with E-state index in [1.165, 1.54) is 0 Å². The third kappa shape index (κ3) is 6.16. The molecule has 0 saturated carbocycles. The summed E-state index contributed by atoms with van der Waals surface area (Å²) in [7, 11) is 0. The van der Waals surface area contributed by atoms with Gasteiger partial charge in [0.25, 0.3) is 0 Å². The molecule has 1 aromatic carbocycles. The van der Waals surface area contributed by atoms with Crippen molar-refractivity contribution in [3.63, 3.8) is 0 Å². The van der Waals surface area contributed by atoms with Gasteiger partial charge in [-0.2, -0.15) is 5.10 Å². The van der Waals surface area contributed by atoms with E-state index in [-0.39, 0.29) is 6.61 Å². The summed E-state index contributed by atoms with van der Waals surface area (Å²) in [4.78, 5) is 0. The number of nitrogens with zero attached hydrogens (tertiary/aromatic N) is 2. The van der Waals surface area contributed by atoms with Crippen LogP contribution in [0, 0.1) is 0 Å². The summed E-state index contributed by atoms with van der Waals surface area (Å²) in [6.07, 6.45) is 4.14. The molecule has 0 radical (unpaired) electrons. The van der Waals surface area contributed by atoms with E-state index in [1.54, 1.807) is 30.5 Å². The summed E-state index contributed by atoms with van der Waals surface area (Å²) in [6, 6.07) is 9.00. The van der Waals surface area contributed by atoms with E-state index >= 15 is 0 Å². The smallest absolute Gasteiger partial charge is 0.119 e. The van der Waals surface area contributed by atoms with Gasteiger partial charge in [-0.25, -0.2) is 0 Å². The van der Waals surface area contributed by atoms with E-state index in [4.69, 9.17) is 16.3 Å². The molecule has 0 fully saturated rings. The number of hydrogen-bond acceptors (Lipinski definition) is 4. The number of hydrogen-bond donors (Lipinski definition) is 2. The lowest BCUT2D eigenvalue weighted by Gasteiger charge is -2.13. The van der Waals surface area contributed by atoms with E-state index in [9.17, 15) is 5.11 Å². The van der Waals surface area contributed by atoms with Crippen molar-refractivity contribution in [3.8, 4) is 5.75 Å². The fraction of sp³-hybridized carbons (Fsp3) is 0.400. The van der Waals surface area contributed by atoms with Crippen LogP contribution in [-0.2, 0) is 6.54 Å². The minimum atomic E-state index is -0.537. The van der Waals surface area contributed by atoms with E-state index in [1.807, 2.05) is 16.9 Å². The molecule has 21 heavy (non-hydrogen) atoms. The van der Waals surface area contributed by atoms with Gasteiger partial charge in [0, 0.05) is 30.5 Å². The first kappa shape index (κ1) is 15.8. The second-order valence-corrected chi connectivity index (χ2v) is 5.18. The highest BCUT2D eigenvalue weighted by molar-refractivity contribution is 6.30. The molecular weight excluding hydrogens is 290 g/mol. The van der Waals surface area contributed by atoms with Gasteiger partial charge in [0.1, 0.15) is 18.5 Å². The normalized spacial score (nSPS) is 12.3. The van der Waals surface area contributed by atoms with Gasteiger partial charge in [-0.1, -0.05) is 11.6 Å². The van der Waals surface area contributed by atoms with Gasteiger partial charge < -0.3 is 15.2 Å². The number of aryl methyl sites for hydroxylation is 1. The molecule has 2 rings (SSSR count). The zero-order valence-corrected chi connectivity index (χ0v) is 12.5. The van der Waals surface area contributed by atoms with Crippen LogP contribution in [0.25, 0.3) is 0 Å². The van der Waals surface area contributed by atoms with Crippen LogP contribution >= 0.6 is 11.6 Å². The van der Waals surface area contributed by atoms with Crippen LogP contribution in [0.5, 0.6) is 5.75 Å². The summed E-state index contributed by atoms with van der Waals surface area (Å²) in [5.41, 5.74) is 0. The van der Waals surface area contributed by atoms with Crippen LogP contribution in [0.1, 0.15) is 6.42 Å². The van der Waals surface area contributed by atoms with E-state index < -0.39 is 6.10 Å². The second kappa shape index (κ2) is 8.67. The lowest BCUT2D eigenvalue weighted by atomic mass is 10.3. The van der Waals surface area contributed by atoms with Crippen molar-refractivity contribution < 1.29 is 9.84 Å². The average molecular weight is 310 g/mol. The molecule has 0 aliphatic carbocycles. The van der Waals surface area contributed by atoms with E-state index in [0.29, 0.717) is 17.3 Å². The van der Waals surface area contributed by atoms with Crippen molar-refractivity contribution >= 4 is 11.6 Å². The molecule has 1 heterocycles. The standard InChI is InChI=1S/C15H20ClN3O2/c16-13-3-5-15(6-4-13)21-12-14(20)11-17-7-1-9-19-10-2-8-18-19/h2-6,8,10,14,17,20H,1,7,9,11-12H2. The van der Waals surface area contributed by atoms with Gasteiger partial charge in [-0.05, 0) is 43.3 Å². The third-order valence-electron chi connectivity index (χ3n) is 2.94. The molecule has 0 amide bonds. The molecule has 1 aromatic heterocycles. The number of rotatable bonds is 9. The van der Waals surface area contributed by atoms with Crippen molar-refractivity contribution in [3.05, 3.63) is 47.7 Å². The number of aliphatic hydroxyl groups excluding tert-OH is 1. The Bertz CT molecular complexity index is 502. The summed E-state index contributed by atoms with van der Waals surface area (Å²) in [5, 5.41) is 17.8. The number of ether oxygens (including phenoxy) is 1. The Morgan fingerprint density at radius 3 is 2.86 bits per heavy atom. The number of aliphatic hydroxyl groups is 1. The summed E-state index contributed by atoms with van der Waals surface area (Å²) >= 11 is 5.79. The SMILES string of the molecule is OC(CNCCCn1cccn1)COc1ccc(Cl)cc1. The molecule has 2 aromatic rings. The van der Waals surface area contributed by atoms with Gasteiger partial charge in [-0.3, -0.25) is 4.68 Å². The third-order valence-corrected chi connectivity index (χ3v) is 3.19.